The van der Waals surface area contributed by atoms with Crippen LogP contribution in [0.2, 0.25) is 0 Å². The molecule has 3 rings (SSSR count). The summed E-state index contributed by atoms with van der Waals surface area (Å²) in [4.78, 5) is 0. The first-order valence-corrected chi connectivity index (χ1v) is 6.01. The van der Waals surface area contributed by atoms with Crippen LogP contribution >= 0.6 is 0 Å². The Hall–Kier alpha value is -0.840. The molecule has 0 amide bonds. The third-order valence-electron chi connectivity index (χ3n) is 3.89. The second kappa shape index (κ2) is 4.20. The average molecular weight is 222 g/mol. The minimum absolute atomic E-state index is 0.265. The van der Waals surface area contributed by atoms with Crippen molar-refractivity contribution >= 4 is 0 Å². The topological polar surface area (TPSA) is 60.4 Å². The molecule has 4 heteroatoms. The van der Waals surface area contributed by atoms with E-state index in [0.29, 0.717) is 18.1 Å². The van der Waals surface area contributed by atoms with Gasteiger partial charge in [-0.3, -0.25) is 11.3 Å². The zero-order valence-corrected chi connectivity index (χ0v) is 9.26. The molecule has 16 heavy (non-hydrogen) atoms. The van der Waals surface area contributed by atoms with Crippen molar-refractivity contribution in [1.82, 2.24) is 5.43 Å². The maximum absolute atomic E-state index is 5.86. The summed E-state index contributed by atoms with van der Waals surface area (Å²) in [5.41, 5.74) is 2.93. The normalized spacial score (nSPS) is 34.4. The fraction of sp³-hybridized carbons (Fsp3) is 0.667. The maximum atomic E-state index is 5.86. The molecule has 3 N–H and O–H groups in total. The number of nitrogens with one attached hydrogen (secondary N) is 1. The molecule has 0 radical (unpaired) electrons. The summed E-state index contributed by atoms with van der Waals surface area (Å²) >= 11 is 0. The van der Waals surface area contributed by atoms with Gasteiger partial charge in [0.15, 0.2) is 0 Å². The molecule has 1 aromatic rings. The van der Waals surface area contributed by atoms with Crippen LogP contribution in [0.4, 0.5) is 0 Å². The van der Waals surface area contributed by atoms with E-state index in [4.69, 9.17) is 15.0 Å². The van der Waals surface area contributed by atoms with Crippen molar-refractivity contribution in [2.45, 2.75) is 43.9 Å². The number of rotatable bonds is 4. The molecule has 3 heterocycles. The first kappa shape index (κ1) is 10.3. The zero-order chi connectivity index (χ0) is 11.0. The fourth-order valence-electron chi connectivity index (χ4n) is 3.08. The summed E-state index contributed by atoms with van der Waals surface area (Å²) in [7, 11) is 0. The van der Waals surface area contributed by atoms with Gasteiger partial charge in [0.1, 0.15) is 5.76 Å². The number of fused-ring (bicyclic) bond motifs is 2. The Balaban J connectivity index is 1.67. The van der Waals surface area contributed by atoms with Gasteiger partial charge in [-0.2, -0.15) is 0 Å². The summed E-state index contributed by atoms with van der Waals surface area (Å²) in [6, 6.07) is 4.18. The maximum Gasteiger partial charge on any atom is 0.105 e. The van der Waals surface area contributed by atoms with Gasteiger partial charge in [0.05, 0.1) is 18.5 Å². The second-order valence-corrected chi connectivity index (χ2v) is 4.83. The number of hydrogen-bond acceptors (Lipinski definition) is 4. The van der Waals surface area contributed by atoms with E-state index in [9.17, 15) is 0 Å². The first-order chi connectivity index (χ1) is 7.86. The molecule has 2 aliphatic heterocycles. The molecule has 4 atom stereocenters. The van der Waals surface area contributed by atoms with Crippen LogP contribution in [0.25, 0.3) is 0 Å². The van der Waals surface area contributed by atoms with Gasteiger partial charge in [-0.1, -0.05) is 0 Å². The van der Waals surface area contributed by atoms with Crippen LogP contribution in [-0.2, 0) is 11.2 Å². The second-order valence-electron chi connectivity index (χ2n) is 4.83. The van der Waals surface area contributed by atoms with Crippen molar-refractivity contribution in [3.05, 3.63) is 24.2 Å². The molecule has 2 bridgehead atoms. The summed E-state index contributed by atoms with van der Waals surface area (Å²) in [6.45, 7) is 0. The molecule has 4 unspecified atom stereocenters. The Morgan fingerprint density at radius 1 is 1.50 bits per heavy atom. The summed E-state index contributed by atoms with van der Waals surface area (Å²) in [5, 5.41) is 0. The molecule has 2 saturated heterocycles. The lowest BCUT2D eigenvalue weighted by Gasteiger charge is -2.27. The van der Waals surface area contributed by atoms with E-state index >= 15 is 0 Å². The van der Waals surface area contributed by atoms with E-state index in [-0.39, 0.29) is 6.04 Å². The number of hydrogen-bond donors (Lipinski definition) is 2. The summed E-state index contributed by atoms with van der Waals surface area (Å²) < 4.78 is 11.2. The van der Waals surface area contributed by atoms with Gasteiger partial charge in [-0.25, -0.2) is 0 Å². The Morgan fingerprint density at radius 2 is 2.44 bits per heavy atom. The van der Waals surface area contributed by atoms with Crippen LogP contribution in [0, 0.1) is 5.92 Å². The Labute approximate surface area is 95.1 Å². The molecule has 2 fully saturated rings. The van der Waals surface area contributed by atoms with Crippen molar-refractivity contribution in [2.75, 3.05) is 0 Å². The van der Waals surface area contributed by atoms with Gasteiger partial charge in [-0.05, 0) is 31.4 Å². The number of furan rings is 1. The van der Waals surface area contributed by atoms with Gasteiger partial charge >= 0.3 is 0 Å². The van der Waals surface area contributed by atoms with Crippen LogP contribution in [0.1, 0.15) is 25.0 Å². The molecule has 4 nitrogen and oxygen atoms in total. The quantitative estimate of drug-likeness (QED) is 0.594. The van der Waals surface area contributed by atoms with Gasteiger partial charge in [0.2, 0.25) is 0 Å². The van der Waals surface area contributed by atoms with Crippen molar-refractivity contribution in [3.63, 3.8) is 0 Å². The lowest BCUT2D eigenvalue weighted by atomic mass is 9.82. The van der Waals surface area contributed by atoms with Crippen molar-refractivity contribution in [3.8, 4) is 0 Å². The van der Waals surface area contributed by atoms with E-state index in [1.54, 1.807) is 6.26 Å². The van der Waals surface area contributed by atoms with Crippen molar-refractivity contribution in [1.29, 1.82) is 0 Å². The van der Waals surface area contributed by atoms with E-state index in [1.165, 1.54) is 12.8 Å². The minimum Gasteiger partial charge on any atom is -0.469 e. The van der Waals surface area contributed by atoms with Gasteiger partial charge in [0.25, 0.3) is 0 Å². The molecule has 0 saturated carbocycles. The molecule has 0 aromatic carbocycles. The minimum atomic E-state index is 0.265. The highest BCUT2D eigenvalue weighted by Gasteiger charge is 2.44. The highest BCUT2D eigenvalue weighted by molar-refractivity contribution is 5.04. The lowest BCUT2D eigenvalue weighted by Crippen LogP contribution is -2.45. The van der Waals surface area contributed by atoms with Crippen molar-refractivity contribution < 1.29 is 9.15 Å². The SMILES string of the molecule is NNC(Cc1ccco1)C1CC2CCC1O2. The van der Waals surface area contributed by atoms with Gasteiger partial charge in [-0.15, -0.1) is 0 Å². The number of nitrogens with two attached hydrogens (primary N) is 1. The molecule has 1 aromatic heterocycles. The standard InChI is InChI=1S/C12H18N2O2/c13-14-11(7-8-2-1-5-15-8)10-6-9-3-4-12(10)16-9/h1-2,5,9-12,14H,3-4,6-7,13H2. The molecular weight excluding hydrogens is 204 g/mol. The Morgan fingerprint density at radius 3 is 3.00 bits per heavy atom. The molecule has 88 valence electrons. The van der Waals surface area contributed by atoms with E-state index in [0.717, 1.165) is 18.6 Å². The van der Waals surface area contributed by atoms with Crippen LogP contribution in [0.15, 0.2) is 22.8 Å². The number of ether oxygens (including phenoxy) is 1. The summed E-state index contributed by atoms with van der Waals surface area (Å²) in [5.74, 6) is 7.18. The van der Waals surface area contributed by atoms with E-state index in [1.807, 2.05) is 12.1 Å². The first-order valence-electron chi connectivity index (χ1n) is 6.01. The van der Waals surface area contributed by atoms with E-state index in [2.05, 4.69) is 5.43 Å². The predicted octanol–water partition coefficient (Wildman–Crippen LogP) is 1.22. The third-order valence-corrected chi connectivity index (χ3v) is 3.89. The van der Waals surface area contributed by atoms with E-state index < -0.39 is 0 Å². The molecular formula is C12H18N2O2. The van der Waals surface area contributed by atoms with Crippen molar-refractivity contribution in [2.24, 2.45) is 11.8 Å². The third kappa shape index (κ3) is 1.77. The fourth-order valence-corrected chi connectivity index (χ4v) is 3.08. The smallest absolute Gasteiger partial charge is 0.105 e. The predicted molar refractivity (Wildman–Crippen MR) is 59.5 cm³/mol. The largest absolute Gasteiger partial charge is 0.469 e. The zero-order valence-electron chi connectivity index (χ0n) is 9.26. The highest BCUT2D eigenvalue weighted by atomic mass is 16.5. The highest BCUT2D eigenvalue weighted by Crippen LogP contribution is 2.40. The Bertz CT molecular complexity index is 339. The average Bonchev–Trinajstić information content (AvgIpc) is 3.02. The van der Waals surface area contributed by atoms with Crippen LogP contribution < -0.4 is 11.3 Å². The van der Waals surface area contributed by atoms with Gasteiger partial charge in [0, 0.05) is 18.4 Å². The number of hydrazine groups is 1. The summed E-state index contributed by atoms with van der Waals surface area (Å²) in [6.07, 6.45) is 6.98. The van der Waals surface area contributed by atoms with Gasteiger partial charge < -0.3 is 9.15 Å². The molecule has 0 aliphatic carbocycles. The van der Waals surface area contributed by atoms with Crippen LogP contribution in [0.3, 0.4) is 0 Å². The van der Waals surface area contributed by atoms with Crippen LogP contribution in [-0.4, -0.2) is 18.2 Å². The lowest BCUT2D eigenvalue weighted by molar-refractivity contribution is 0.0853. The Kier molecular flexibility index (Phi) is 2.71. The van der Waals surface area contributed by atoms with Crippen LogP contribution in [0.5, 0.6) is 0 Å². The molecule has 0 spiro atoms. The monoisotopic (exact) mass is 222 g/mol. The molecule has 2 aliphatic rings.